The highest BCUT2D eigenvalue weighted by Crippen LogP contribution is 2.36. The van der Waals surface area contributed by atoms with Gasteiger partial charge in [-0.1, -0.05) is 36.7 Å². The van der Waals surface area contributed by atoms with E-state index in [9.17, 15) is 13.6 Å². The molecule has 1 aliphatic carbocycles. The third-order valence-electron chi connectivity index (χ3n) is 5.06. The summed E-state index contributed by atoms with van der Waals surface area (Å²) in [6.07, 6.45) is 4.68. The van der Waals surface area contributed by atoms with Gasteiger partial charge in [-0.05, 0) is 45.7 Å². The molecule has 1 amide bonds. The van der Waals surface area contributed by atoms with Gasteiger partial charge in [0.2, 0.25) is 5.91 Å². The van der Waals surface area contributed by atoms with Gasteiger partial charge in [0.25, 0.3) is 0 Å². The lowest BCUT2D eigenvalue weighted by molar-refractivity contribution is -0.115. The highest BCUT2D eigenvalue weighted by molar-refractivity contribution is 8.00. The summed E-state index contributed by atoms with van der Waals surface area (Å²) in [7, 11) is 0. The fourth-order valence-electron chi connectivity index (χ4n) is 3.49. The molecule has 0 spiro atoms. The van der Waals surface area contributed by atoms with Crippen molar-refractivity contribution in [2.24, 2.45) is 0 Å². The van der Waals surface area contributed by atoms with Crippen LogP contribution in [0.2, 0.25) is 0 Å². The van der Waals surface area contributed by atoms with Gasteiger partial charge in [0.1, 0.15) is 5.75 Å². The van der Waals surface area contributed by atoms with Crippen molar-refractivity contribution in [1.82, 2.24) is 9.55 Å². The van der Waals surface area contributed by atoms with Crippen LogP contribution >= 0.6 is 11.8 Å². The lowest BCUT2D eigenvalue weighted by Crippen LogP contribution is -2.23. The van der Waals surface area contributed by atoms with Crippen LogP contribution in [0.15, 0.2) is 29.4 Å². The van der Waals surface area contributed by atoms with Gasteiger partial charge in [-0.2, -0.15) is 8.78 Å². The number of nitrogens with one attached hydrogen (secondary N) is 1. The number of benzene rings is 1. The number of hydrogen-bond donors (Lipinski definition) is 1. The lowest BCUT2D eigenvalue weighted by atomic mass is 10.2. The molecule has 1 fully saturated rings. The maximum absolute atomic E-state index is 12.7. The first kappa shape index (κ1) is 20.6. The monoisotopic (exact) mass is 409 g/mol. The van der Waals surface area contributed by atoms with E-state index in [0.29, 0.717) is 6.04 Å². The number of halogens is 2. The number of hydrogen-bond acceptors (Lipinski definition) is 4. The molecule has 1 aliphatic rings. The van der Waals surface area contributed by atoms with E-state index in [0.717, 1.165) is 29.4 Å². The molecule has 1 N–H and O–H groups in total. The predicted octanol–water partition coefficient (Wildman–Crippen LogP) is 5.34. The van der Waals surface area contributed by atoms with Gasteiger partial charge in [0.05, 0.1) is 16.6 Å². The van der Waals surface area contributed by atoms with Gasteiger partial charge >= 0.3 is 6.61 Å². The van der Waals surface area contributed by atoms with Crippen molar-refractivity contribution in [3.05, 3.63) is 35.7 Å². The van der Waals surface area contributed by atoms with Crippen LogP contribution in [-0.2, 0) is 4.79 Å². The molecule has 1 saturated carbocycles. The highest BCUT2D eigenvalue weighted by Gasteiger charge is 2.26. The molecule has 1 unspecified atom stereocenters. The van der Waals surface area contributed by atoms with Crippen molar-refractivity contribution in [2.75, 3.05) is 5.32 Å². The number of anilines is 1. The van der Waals surface area contributed by atoms with Crippen molar-refractivity contribution in [3.8, 4) is 5.75 Å². The number of carbonyl (C=O) groups excluding carboxylic acids is 1. The Balaban J connectivity index is 1.73. The number of alkyl halides is 2. The summed E-state index contributed by atoms with van der Waals surface area (Å²) in [4.78, 5) is 17.3. The Kier molecular flexibility index (Phi) is 6.59. The predicted molar refractivity (Wildman–Crippen MR) is 106 cm³/mol. The summed E-state index contributed by atoms with van der Waals surface area (Å²) in [5, 5.41) is 3.08. The molecule has 5 nitrogen and oxygen atoms in total. The van der Waals surface area contributed by atoms with Crippen LogP contribution < -0.4 is 10.1 Å². The topological polar surface area (TPSA) is 56.1 Å². The van der Waals surface area contributed by atoms with Gasteiger partial charge in [-0.25, -0.2) is 4.98 Å². The summed E-state index contributed by atoms with van der Waals surface area (Å²) < 4.78 is 31.9. The molecule has 3 rings (SSSR count). The molecule has 8 heteroatoms. The Morgan fingerprint density at radius 3 is 2.64 bits per heavy atom. The molecule has 1 aromatic heterocycles. The van der Waals surface area contributed by atoms with E-state index in [1.54, 1.807) is 25.1 Å². The normalized spacial score (nSPS) is 15.8. The number of aromatic nitrogens is 2. The van der Waals surface area contributed by atoms with Crippen LogP contribution in [0.5, 0.6) is 5.75 Å². The number of nitrogens with zero attached hydrogens (tertiary/aromatic N) is 2. The first-order valence-corrected chi connectivity index (χ1v) is 10.3. The van der Waals surface area contributed by atoms with Crippen molar-refractivity contribution in [2.45, 2.75) is 69.5 Å². The van der Waals surface area contributed by atoms with E-state index in [4.69, 9.17) is 0 Å². The maximum Gasteiger partial charge on any atom is 0.387 e. The van der Waals surface area contributed by atoms with Gasteiger partial charge in [-0.3, -0.25) is 4.79 Å². The summed E-state index contributed by atoms with van der Waals surface area (Å²) in [5.41, 5.74) is 2.34. The maximum atomic E-state index is 12.7. The number of ether oxygens (including phenoxy) is 1. The van der Waals surface area contributed by atoms with E-state index in [-0.39, 0.29) is 17.3 Å². The summed E-state index contributed by atoms with van der Waals surface area (Å²) >= 11 is 1.39. The van der Waals surface area contributed by atoms with E-state index in [1.165, 1.54) is 30.7 Å². The Labute approximate surface area is 167 Å². The molecular weight excluding hydrogens is 384 g/mol. The van der Waals surface area contributed by atoms with Crippen LogP contribution in [0.4, 0.5) is 14.5 Å². The van der Waals surface area contributed by atoms with Crippen LogP contribution in [0, 0.1) is 13.8 Å². The minimum Gasteiger partial charge on any atom is -0.433 e. The zero-order chi connectivity index (χ0) is 20.3. The number of aryl methyl sites for hydroxylation is 1. The molecule has 28 heavy (non-hydrogen) atoms. The van der Waals surface area contributed by atoms with E-state index < -0.39 is 11.9 Å². The highest BCUT2D eigenvalue weighted by atomic mass is 32.2. The Morgan fingerprint density at radius 2 is 1.96 bits per heavy atom. The number of amides is 1. The third kappa shape index (κ3) is 4.66. The van der Waals surface area contributed by atoms with Gasteiger partial charge in [0, 0.05) is 11.7 Å². The van der Waals surface area contributed by atoms with Crippen molar-refractivity contribution in [1.29, 1.82) is 0 Å². The second kappa shape index (κ2) is 8.94. The lowest BCUT2D eigenvalue weighted by Gasteiger charge is -2.19. The van der Waals surface area contributed by atoms with Crippen LogP contribution in [0.1, 0.15) is 50.0 Å². The first-order chi connectivity index (χ1) is 13.4. The molecule has 0 radical (unpaired) electrons. The molecule has 2 aromatic rings. The Hall–Kier alpha value is -2.09. The van der Waals surface area contributed by atoms with Crippen molar-refractivity contribution >= 4 is 23.4 Å². The molecular formula is C20H25F2N3O2S. The summed E-state index contributed by atoms with van der Waals surface area (Å²) in [6.45, 7) is 2.88. The molecule has 0 bridgehead atoms. The molecule has 1 aromatic carbocycles. The third-order valence-corrected chi connectivity index (χ3v) is 6.12. The minimum absolute atomic E-state index is 0.0535. The Morgan fingerprint density at radius 1 is 1.29 bits per heavy atom. The van der Waals surface area contributed by atoms with E-state index in [2.05, 4.69) is 26.5 Å². The molecule has 1 atom stereocenters. The largest absolute Gasteiger partial charge is 0.433 e. The smallest absolute Gasteiger partial charge is 0.387 e. The van der Waals surface area contributed by atoms with Crippen molar-refractivity contribution < 1.29 is 18.3 Å². The van der Waals surface area contributed by atoms with Crippen molar-refractivity contribution in [3.63, 3.8) is 0 Å². The zero-order valence-corrected chi connectivity index (χ0v) is 17.1. The summed E-state index contributed by atoms with van der Waals surface area (Å²) in [5.74, 6) is -0.339. The first-order valence-electron chi connectivity index (χ1n) is 9.43. The van der Waals surface area contributed by atoms with Crippen LogP contribution in [0.25, 0.3) is 0 Å². The minimum atomic E-state index is -2.95. The number of carbonyl (C=O) groups is 1. The van der Waals surface area contributed by atoms with E-state index in [1.807, 2.05) is 6.92 Å². The molecule has 152 valence electrons. The number of para-hydroxylation sites is 2. The van der Waals surface area contributed by atoms with Gasteiger partial charge in [-0.15, -0.1) is 0 Å². The fraction of sp³-hybridized carbons (Fsp3) is 0.500. The number of thioether (sulfide) groups is 1. The van der Waals surface area contributed by atoms with Crippen LogP contribution in [-0.4, -0.2) is 27.3 Å². The summed E-state index contributed by atoms with van der Waals surface area (Å²) in [6, 6.07) is 6.61. The zero-order valence-electron chi connectivity index (χ0n) is 16.2. The average molecular weight is 410 g/mol. The second-order valence-electron chi connectivity index (χ2n) is 7.00. The number of imidazole rings is 1. The fourth-order valence-corrected chi connectivity index (χ4v) is 4.56. The second-order valence-corrected chi connectivity index (χ2v) is 8.31. The quantitative estimate of drug-likeness (QED) is 0.628. The molecule has 0 aliphatic heterocycles. The molecule has 1 heterocycles. The van der Waals surface area contributed by atoms with Crippen LogP contribution in [0.3, 0.4) is 0 Å². The van der Waals surface area contributed by atoms with E-state index >= 15 is 0 Å². The standard InChI is InChI=1S/C20H25F2N3O2S/c1-12-13(2)25(15-8-4-5-9-15)20(23-12)28-14(3)18(26)24-16-10-6-7-11-17(16)27-19(21)22/h6-7,10-11,14-15,19H,4-5,8-9H2,1-3H3,(H,24,26). The molecule has 0 saturated heterocycles. The SMILES string of the molecule is Cc1nc(SC(C)C(=O)Nc2ccccc2OC(F)F)n(C2CCCC2)c1C. The number of rotatable bonds is 7. The van der Waals surface area contributed by atoms with Gasteiger partial charge in [0.15, 0.2) is 5.16 Å². The Bertz CT molecular complexity index is 835. The average Bonchev–Trinajstić information content (AvgIpc) is 3.25. The van der Waals surface area contributed by atoms with Gasteiger partial charge < -0.3 is 14.6 Å².